The predicted octanol–water partition coefficient (Wildman–Crippen LogP) is 4.34. The second-order valence-electron chi connectivity index (χ2n) is 8.10. The number of anilines is 1. The summed E-state index contributed by atoms with van der Waals surface area (Å²) in [6.45, 7) is 3.60. The molecule has 9 nitrogen and oxygen atoms in total. The van der Waals surface area contributed by atoms with E-state index < -0.39 is 11.7 Å². The van der Waals surface area contributed by atoms with Crippen LogP contribution in [0.2, 0.25) is 0 Å². The van der Waals surface area contributed by atoms with E-state index in [-0.39, 0.29) is 23.5 Å². The van der Waals surface area contributed by atoms with Gasteiger partial charge < -0.3 is 14.6 Å². The van der Waals surface area contributed by atoms with Gasteiger partial charge in [0.15, 0.2) is 5.82 Å². The number of benzene rings is 1. The van der Waals surface area contributed by atoms with Crippen molar-refractivity contribution in [2.75, 3.05) is 11.9 Å². The molecule has 178 valence electrons. The normalized spacial score (nSPS) is 14.6. The van der Waals surface area contributed by atoms with Crippen molar-refractivity contribution >= 4 is 11.7 Å². The molecule has 2 bridgehead atoms. The maximum absolute atomic E-state index is 15.1. The minimum Gasteiger partial charge on any atom is -0.492 e. The van der Waals surface area contributed by atoms with Crippen LogP contribution in [0.5, 0.6) is 5.75 Å². The second kappa shape index (κ2) is 9.88. The summed E-state index contributed by atoms with van der Waals surface area (Å²) in [6, 6.07) is 8.02. The number of nitrogens with one attached hydrogen (secondary N) is 1. The van der Waals surface area contributed by atoms with Crippen LogP contribution in [0.15, 0.2) is 61.2 Å². The average Bonchev–Trinajstić information content (AvgIpc) is 3.51. The highest BCUT2D eigenvalue weighted by molar-refractivity contribution is 6.06. The Morgan fingerprint density at radius 2 is 2.11 bits per heavy atom. The van der Waals surface area contributed by atoms with Crippen LogP contribution >= 0.6 is 0 Å². The van der Waals surface area contributed by atoms with Gasteiger partial charge in [-0.25, -0.2) is 9.37 Å². The van der Waals surface area contributed by atoms with Gasteiger partial charge in [-0.1, -0.05) is 25.1 Å². The lowest BCUT2D eigenvalue weighted by molar-refractivity contribution is 0.102. The first kappa shape index (κ1) is 22.5. The number of halogens is 1. The van der Waals surface area contributed by atoms with Crippen molar-refractivity contribution in [3.05, 3.63) is 72.6 Å². The average molecular weight is 474 g/mol. The van der Waals surface area contributed by atoms with E-state index in [4.69, 9.17) is 4.74 Å². The first-order valence-electron chi connectivity index (χ1n) is 11.4. The summed E-state index contributed by atoms with van der Waals surface area (Å²) in [5.41, 5.74) is 1.64. The number of ether oxygens (including phenoxy) is 1. The van der Waals surface area contributed by atoms with Gasteiger partial charge in [-0.05, 0) is 31.0 Å². The van der Waals surface area contributed by atoms with Crippen LogP contribution in [0, 0.1) is 5.82 Å². The number of rotatable bonds is 3. The van der Waals surface area contributed by atoms with Gasteiger partial charge in [0.1, 0.15) is 29.4 Å². The number of fused-ring (bicyclic) bond motifs is 5. The fraction of sp³-hybridized carbons (Fsp3) is 0.240. The van der Waals surface area contributed by atoms with Crippen molar-refractivity contribution in [2.45, 2.75) is 32.9 Å². The second-order valence-corrected chi connectivity index (χ2v) is 8.10. The number of carbonyl (C=O) groups is 1. The van der Waals surface area contributed by atoms with E-state index in [1.54, 1.807) is 41.6 Å². The Morgan fingerprint density at radius 1 is 1.20 bits per heavy atom. The molecule has 5 rings (SSSR count). The van der Waals surface area contributed by atoms with Crippen LogP contribution in [0.1, 0.15) is 30.1 Å². The highest BCUT2D eigenvalue weighted by Crippen LogP contribution is 2.31. The van der Waals surface area contributed by atoms with Gasteiger partial charge in [-0.15, -0.1) is 10.2 Å². The van der Waals surface area contributed by atoms with Crippen LogP contribution in [0.25, 0.3) is 22.6 Å². The third-order valence-electron chi connectivity index (χ3n) is 5.56. The summed E-state index contributed by atoms with van der Waals surface area (Å²) in [5.74, 6) is 0.143. The zero-order valence-electron chi connectivity index (χ0n) is 19.2. The molecule has 4 aromatic rings. The van der Waals surface area contributed by atoms with Gasteiger partial charge in [-0.3, -0.25) is 9.48 Å². The number of aryl methyl sites for hydroxylation is 1. The number of nitrogens with zero attached hydrogens (tertiary/aromatic N) is 6. The molecule has 0 spiro atoms. The smallest absolute Gasteiger partial charge is 0.260 e. The van der Waals surface area contributed by atoms with Gasteiger partial charge in [0.2, 0.25) is 0 Å². The van der Waals surface area contributed by atoms with E-state index in [1.807, 2.05) is 23.6 Å². The van der Waals surface area contributed by atoms with Gasteiger partial charge in [0, 0.05) is 36.5 Å². The van der Waals surface area contributed by atoms with Crippen LogP contribution < -0.4 is 10.1 Å². The lowest BCUT2D eigenvalue weighted by atomic mass is 10.0. The zero-order valence-corrected chi connectivity index (χ0v) is 19.2. The lowest BCUT2D eigenvalue weighted by Crippen LogP contribution is -2.15. The van der Waals surface area contributed by atoms with E-state index in [9.17, 15) is 4.79 Å². The maximum Gasteiger partial charge on any atom is 0.260 e. The van der Waals surface area contributed by atoms with E-state index in [0.29, 0.717) is 35.9 Å². The number of hydrogen-bond acceptors (Lipinski definition) is 6. The Hall–Kier alpha value is -4.34. The summed E-state index contributed by atoms with van der Waals surface area (Å²) in [5, 5.41) is 15.3. The number of aromatic nitrogens is 6. The van der Waals surface area contributed by atoms with Crippen molar-refractivity contribution in [1.29, 1.82) is 0 Å². The Bertz CT molecular complexity index is 1390. The van der Waals surface area contributed by atoms with Crippen molar-refractivity contribution in [3.63, 3.8) is 0 Å². The minimum absolute atomic E-state index is 0.168. The van der Waals surface area contributed by atoms with Crippen LogP contribution in [-0.4, -0.2) is 42.0 Å². The number of pyridine rings is 1. The summed E-state index contributed by atoms with van der Waals surface area (Å²) in [6.07, 6.45) is 10.4. The molecule has 0 aliphatic carbocycles. The predicted molar refractivity (Wildman–Crippen MR) is 128 cm³/mol. The molecule has 0 radical (unpaired) electrons. The van der Waals surface area contributed by atoms with E-state index in [0.717, 1.165) is 13.0 Å². The lowest BCUT2D eigenvalue weighted by Gasteiger charge is -2.14. The molecular formula is C25H24FN7O2. The molecule has 1 aliphatic heterocycles. The fourth-order valence-corrected chi connectivity index (χ4v) is 3.87. The van der Waals surface area contributed by atoms with Crippen LogP contribution in [0.3, 0.4) is 0 Å². The maximum atomic E-state index is 15.1. The number of amides is 1. The highest BCUT2D eigenvalue weighted by atomic mass is 19.1. The molecule has 1 aromatic carbocycles. The topological polar surface area (TPSA) is 99.8 Å². The molecule has 35 heavy (non-hydrogen) atoms. The minimum atomic E-state index is -0.487. The van der Waals surface area contributed by atoms with E-state index in [2.05, 4.69) is 25.6 Å². The molecular weight excluding hydrogens is 449 g/mol. The van der Waals surface area contributed by atoms with Gasteiger partial charge in [-0.2, -0.15) is 5.10 Å². The SMILES string of the molecule is CCCn1cc(-c2cc3c(cc2F)OCC/C=C\Cn2cnnc2-c2cccc(n2)NC3=O)cn1. The molecule has 10 heteroatoms. The highest BCUT2D eigenvalue weighted by Gasteiger charge is 2.20. The Morgan fingerprint density at radius 3 is 3.00 bits per heavy atom. The Labute approximate surface area is 201 Å². The Balaban J connectivity index is 1.55. The first-order chi connectivity index (χ1) is 17.1. The van der Waals surface area contributed by atoms with E-state index in [1.165, 1.54) is 12.1 Å². The largest absolute Gasteiger partial charge is 0.492 e. The van der Waals surface area contributed by atoms with Gasteiger partial charge in [0.25, 0.3) is 5.91 Å². The number of allylic oxidation sites excluding steroid dienone is 1. The Kier molecular flexibility index (Phi) is 6.34. The van der Waals surface area contributed by atoms with Crippen molar-refractivity contribution in [1.82, 2.24) is 29.5 Å². The van der Waals surface area contributed by atoms with Gasteiger partial charge >= 0.3 is 0 Å². The molecule has 0 saturated heterocycles. The molecule has 1 amide bonds. The van der Waals surface area contributed by atoms with E-state index >= 15 is 4.39 Å². The molecule has 0 atom stereocenters. The standard InChI is InChI=1S/C25H24FN7O2/c1-2-9-33-15-17(14-28-33)18-12-19-22(13-20(18)26)35-11-5-3-4-10-32-16-27-31-24(32)21-7-6-8-23(29-21)30-25(19)34/h3-4,6-8,12-16H,2,5,9-11H2,1H3,(H,29,30,34)/b4-3-. The quantitative estimate of drug-likeness (QED) is 0.444. The molecule has 1 N–H and O–H groups in total. The van der Waals surface area contributed by atoms with Crippen molar-refractivity contribution in [3.8, 4) is 28.4 Å². The van der Waals surface area contributed by atoms with Crippen LogP contribution in [-0.2, 0) is 13.1 Å². The summed E-state index contributed by atoms with van der Waals surface area (Å²) in [7, 11) is 0. The first-order valence-corrected chi connectivity index (χ1v) is 11.4. The number of carbonyl (C=O) groups excluding carboxylic acids is 1. The third kappa shape index (κ3) is 4.81. The zero-order chi connectivity index (χ0) is 24.2. The van der Waals surface area contributed by atoms with Crippen molar-refractivity contribution in [2.24, 2.45) is 0 Å². The molecule has 0 unspecified atom stereocenters. The van der Waals surface area contributed by atoms with Crippen molar-refractivity contribution < 1.29 is 13.9 Å². The fourth-order valence-electron chi connectivity index (χ4n) is 3.87. The third-order valence-corrected chi connectivity index (χ3v) is 5.56. The number of hydrogen-bond donors (Lipinski definition) is 1. The molecule has 0 saturated carbocycles. The summed E-state index contributed by atoms with van der Waals surface area (Å²) in [4.78, 5) is 17.9. The van der Waals surface area contributed by atoms with Gasteiger partial charge in [0.05, 0.1) is 18.4 Å². The van der Waals surface area contributed by atoms with Crippen LogP contribution in [0.4, 0.5) is 10.2 Å². The summed E-state index contributed by atoms with van der Waals surface area (Å²) < 4.78 is 24.6. The molecule has 1 aliphatic rings. The summed E-state index contributed by atoms with van der Waals surface area (Å²) >= 11 is 0. The molecule has 4 heterocycles. The molecule has 0 fully saturated rings. The monoisotopic (exact) mass is 473 g/mol. The molecule has 3 aromatic heterocycles.